The van der Waals surface area contributed by atoms with Crippen LogP contribution >= 0.6 is 11.3 Å². The number of hydrogen-bond acceptors (Lipinski definition) is 6. The minimum Gasteiger partial charge on any atom is -0.494 e. The summed E-state index contributed by atoms with van der Waals surface area (Å²) in [6.45, 7) is 4.51. The number of anilines is 2. The number of ether oxygens (including phenoxy) is 1. The normalized spacial score (nSPS) is 10.9. The first kappa shape index (κ1) is 17.3. The number of hydrogen-bond donors (Lipinski definition) is 1. The van der Waals surface area contributed by atoms with Crippen molar-refractivity contribution in [2.45, 2.75) is 13.8 Å². The molecule has 27 heavy (non-hydrogen) atoms. The third-order valence-electron chi connectivity index (χ3n) is 4.10. The van der Waals surface area contributed by atoms with E-state index in [-0.39, 0.29) is 0 Å². The van der Waals surface area contributed by atoms with Crippen LogP contribution in [0.3, 0.4) is 0 Å². The second-order valence-electron chi connectivity index (χ2n) is 6.11. The van der Waals surface area contributed by atoms with Crippen molar-refractivity contribution >= 4 is 33.1 Å². The number of aryl methyl sites for hydroxylation is 1. The van der Waals surface area contributed by atoms with E-state index in [9.17, 15) is 4.79 Å². The van der Waals surface area contributed by atoms with Gasteiger partial charge in [-0.2, -0.15) is 0 Å². The van der Waals surface area contributed by atoms with Gasteiger partial charge in [-0.3, -0.25) is 0 Å². The standard InChI is InChI=1S/C21H18N2O3S/c1-3-25-16-9-6-14-10-17(20(24)26-19(14)11-16)18-12-27-21(23-18)22-15-7-4-13(2)5-8-15/h4-12H,3H2,1-2H3,(H,22,23). The fourth-order valence-electron chi connectivity index (χ4n) is 2.74. The van der Waals surface area contributed by atoms with Gasteiger partial charge in [-0.05, 0) is 44.2 Å². The molecule has 0 aliphatic heterocycles. The number of rotatable bonds is 5. The molecule has 0 aliphatic carbocycles. The first-order chi connectivity index (χ1) is 13.1. The fourth-order valence-corrected chi connectivity index (χ4v) is 3.47. The van der Waals surface area contributed by atoms with E-state index in [1.807, 2.05) is 61.7 Å². The molecule has 0 fully saturated rings. The highest BCUT2D eigenvalue weighted by Gasteiger charge is 2.12. The minimum absolute atomic E-state index is 0.414. The number of aromatic nitrogens is 1. The average molecular weight is 378 g/mol. The largest absolute Gasteiger partial charge is 0.494 e. The Labute approximate surface area is 160 Å². The predicted molar refractivity (Wildman–Crippen MR) is 109 cm³/mol. The predicted octanol–water partition coefficient (Wildman–Crippen LogP) is 5.37. The van der Waals surface area contributed by atoms with Gasteiger partial charge in [-0.15, -0.1) is 11.3 Å². The lowest BCUT2D eigenvalue weighted by Crippen LogP contribution is -2.03. The van der Waals surface area contributed by atoms with Gasteiger partial charge in [0.15, 0.2) is 5.13 Å². The van der Waals surface area contributed by atoms with Gasteiger partial charge in [0.1, 0.15) is 11.3 Å². The molecule has 0 atom stereocenters. The van der Waals surface area contributed by atoms with Crippen molar-refractivity contribution < 1.29 is 9.15 Å². The van der Waals surface area contributed by atoms with E-state index in [0.717, 1.165) is 16.2 Å². The highest BCUT2D eigenvalue weighted by molar-refractivity contribution is 7.14. The van der Waals surface area contributed by atoms with Crippen molar-refractivity contribution in [1.29, 1.82) is 0 Å². The van der Waals surface area contributed by atoms with E-state index in [1.165, 1.54) is 16.9 Å². The summed E-state index contributed by atoms with van der Waals surface area (Å²) >= 11 is 1.44. The monoisotopic (exact) mass is 378 g/mol. The van der Waals surface area contributed by atoms with Gasteiger partial charge in [0.25, 0.3) is 0 Å². The third kappa shape index (κ3) is 3.71. The van der Waals surface area contributed by atoms with Gasteiger partial charge >= 0.3 is 5.63 Å². The van der Waals surface area contributed by atoms with E-state index in [1.54, 1.807) is 6.07 Å². The first-order valence-electron chi connectivity index (χ1n) is 8.62. The zero-order valence-corrected chi connectivity index (χ0v) is 15.8. The molecule has 0 radical (unpaired) electrons. The molecular weight excluding hydrogens is 360 g/mol. The van der Waals surface area contributed by atoms with Crippen LogP contribution in [0.25, 0.3) is 22.2 Å². The van der Waals surface area contributed by atoms with Crippen LogP contribution in [0.2, 0.25) is 0 Å². The minimum atomic E-state index is -0.414. The molecule has 0 saturated heterocycles. The maximum atomic E-state index is 12.4. The molecule has 0 spiro atoms. The molecule has 0 aliphatic rings. The summed E-state index contributed by atoms with van der Waals surface area (Å²) < 4.78 is 10.9. The van der Waals surface area contributed by atoms with Crippen molar-refractivity contribution in [3.05, 3.63) is 69.9 Å². The molecule has 5 nitrogen and oxygen atoms in total. The van der Waals surface area contributed by atoms with Crippen LogP contribution in [0.15, 0.2) is 63.1 Å². The SMILES string of the molecule is CCOc1ccc2cc(-c3csc(Nc4ccc(C)cc4)n3)c(=O)oc2c1. The molecule has 0 amide bonds. The lowest BCUT2D eigenvalue weighted by atomic mass is 10.1. The molecule has 4 rings (SSSR count). The second kappa shape index (κ2) is 7.25. The topological polar surface area (TPSA) is 64.4 Å². The van der Waals surface area contributed by atoms with E-state index in [4.69, 9.17) is 9.15 Å². The van der Waals surface area contributed by atoms with Crippen molar-refractivity contribution in [3.63, 3.8) is 0 Å². The van der Waals surface area contributed by atoms with Crippen molar-refractivity contribution in [2.75, 3.05) is 11.9 Å². The maximum Gasteiger partial charge on any atom is 0.345 e. The van der Waals surface area contributed by atoms with Crippen LogP contribution in [0, 0.1) is 6.92 Å². The molecule has 0 saturated carbocycles. The summed E-state index contributed by atoms with van der Waals surface area (Å²) in [6.07, 6.45) is 0. The number of benzene rings is 2. The van der Waals surface area contributed by atoms with Gasteiger partial charge in [-0.1, -0.05) is 17.7 Å². The smallest absolute Gasteiger partial charge is 0.345 e. The van der Waals surface area contributed by atoms with Gasteiger partial charge in [0, 0.05) is 22.5 Å². The maximum absolute atomic E-state index is 12.4. The molecule has 6 heteroatoms. The van der Waals surface area contributed by atoms with Crippen LogP contribution in [-0.4, -0.2) is 11.6 Å². The molecule has 2 heterocycles. The summed E-state index contributed by atoms with van der Waals surface area (Å²) in [5.41, 5.74) is 3.28. The molecule has 0 unspecified atom stereocenters. The Hall–Kier alpha value is -3.12. The highest BCUT2D eigenvalue weighted by Crippen LogP contribution is 2.28. The summed E-state index contributed by atoms with van der Waals surface area (Å²) in [5, 5.41) is 6.66. The number of nitrogens with zero attached hydrogens (tertiary/aromatic N) is 1. The van der Waals surface area contributed by atoms with Crippen LogP contribution in [0.5, 0.6) is 5.75 Å². The Kier molecular flexibility index (Phi) is 4.64. The second-order valence-corrected chi connectivity index (χ2v) is 6.97. The molecule has 2 aromatic heterocycles. The Morgan fingerprint density at radius 3 is 2.74 bits per heavy atom. The molecular formula is C21H18N2O3S. The van der Waals surface area contributed by atoms with Crippen molar-refractivity contribution in [1.82, 2.24) is 4.98 Å². The lowest BCUT2D eigenvalue weighted by molar-refractivity contribution is 0.340. The van der Waals surface area contributed by atoms with Gasteiger partial charge in [0.05, 0.1) is 17.9 Å². The van der Waals surface area contributed by atoms with E-state index >= 15 is 0 Å². The van der Waals surface area contributed by atoms with Crippen LogP contribution in [0.1, 0.15) is 12.5 Å². The average Bonchev–Trinajstić information content (AvgIpc) is 3.11. The highest BCUT2D eigenvalue weighted by atomic mass is 32.1. The van der Waals surface area contributed by atoms with Crippen LogP contribution in [0.4, 0.5) is 10.8 Å². The third-order valence-corrected chi connectivity index (χ3v) is 4.86. The Bertz CT molecular complexity index is 1150. The zero-order chi connectivity index (χ0) is 18.8. The van der Waals surface area contributed by atoms with Crippen molar-refractivity contribution in [3.8, 4) is 17.0 Å². The molecule has 136 valence electrons. The molecule has 2 aromatic carbocycles. The lowest BCUT2D eigenvalue weighted by Gasteiger charge is -2.05. The Morgan fingerprint density at radius 1 is 1.15 bits per heavy atom. The van der Waals surface area contributed by atoms with E-state index in [0.29, 0.717) is 29.2 Å². The summed E-state index contributed by atoms with van der Waals surface area (Å²) in [6, 6.07) is 15.3. The Balaban J connectivity index is 1.65. The van der Waals surface area contributed by atoms with Gasteiger partial charge < -0.3 is 14.5 Å². The molecule has 4 aromatic rings. The summed E-state index contributed by atoms with van der Waals surface area (Å²) in [7, 11) is 0. The Morgan fingerprint density at radius 2 is 1.96 bits per heavy atom. The molecule has 1 N–H and O–H groups in total. The first-order valence-corrected chi connectivity index (χ1v) is 9.50. The number of fused-ring (bicyclic) bond motifs is 1. The fraction of sp³-hybridized carbons (Fsp3) is 0.143. The van der Waals surface area contributed by atoms with Crippen molar-refractivity contribution in [2.24, 2.45) is 0 Å². The van der Waals surface area contributed by atoms with Crippen LogP contribution < -0.4 is 15.7 Å². The van der Waals surface area contributed by atoms with Crippen LogP contribution in [-0.2, 0) is 0 Å². The van der Waals surface area contributed by atoms with E-state index < -0.39 is 5.63 Å². The van der Waals surface area contributed by atoms with Gasteiger partial charge in [0.2, 0.25) is 0 Å². The number of nitrogens with one attached hydrogen (secondary N) is 1. The van der Waals surface area contributed by atoms with Gasteiger partial charge in [-0.25, -0.2) is 9.78 Å². The zero-order valence-electron chi connectivity index (χ0n) is 15.0. The summed E-state index contributed by atoms with van der Waals surface area (Å²) in [5.74, 6) is 0.680. The quantitative estimate of drug-likeness (QED) is 0.473. The summed E-state index contributed by atoms with van der Waals surface area (Å²) in [4.78, 5) is 17.0. The van der Waals surface area contributed by atoms with E-state index in [2.05, 4.69) is 10.3 Å². The molecule has 0 bridgehead atoms. The number of thiazole rings is 1.